The number of thiazole rings is 1. The third-order valence-corrected chi connectivity index (χ3v) is 5.62. The van der Waals surface area contributed by atoms with Crippen molar-refractivity contribution in [2.75, 3.05) is 11.1 Å². The molecule has 0 spiro atoms. The Labute approximate surface area is 159 Å². The predicted octanol–water partition coefficient (Wildman–Crippen LogP) is 4.11. The van der Waals surface area contributed by atoms with Crippen LogP contribution in [0, 0.1) is 17.5 Å². The monoisotopic (exact) mass is 410 g/mol. The van der Waals surface area contributed by atoms with Crippen LogP contribution in [0.1, 0.15) is 5.69 Å². The Kier molecular flexibility index (Phi) is 6.02. The van der Waals surface area contributed by atoms with E-state index >= 15 is 0 Å². The number of carbonyl (C=O) groups excluding carboxylic acids is 1. The molecule has 0 fully saturated rings. The number of hydrogen-bond acceptors (Lipinski definition) is 4. The first kappa shape index (κ1) is 19.2. The number of anilines is 1. The minimum absolute atomic E-state index is 0.0526. The fourth-order valence-corrected chi connectivity index (χ4v) is 4.13. The maximum atomic E-state index is 13.6. The normalized spacial score (nSPS) is 12.0. The van der Waals surface area contributed by atoms with E-state index in [1.54, 1.807) is 5.38 Å². The third kappa shape index (κ3) is 4.81. The molecule has 0 bridgehead atoms. The van der Waals surface area contributed by atoms with E-state index in [1.165, 1.54) is 11.3 Å². The molecule has 1 N–H and O–H groups in total. The van der Waals surface area contributed by atoms with E-state index in [0.717, 1.165) is 16.6 Å². The first-order valence-corrected chi connectivity index (χ1v) is 10.1. The number of hydrogen-bond donors (Lipinski definition) is 1. The molecule has 27 heavy (non-hydrogen) atoms. The van der Waals surface area contributed by atoms with E-state index in [1.807, 2.05) is 30.3 Å². The van der Waals surface area contributed by atoms with Crippen molar-refractivity contribution in [2.45, 2.75) is 5.75 Å². The van der Waals surface area contributed by atoms with Crippen LogP contribution in [0.25, 0.3) is 10.6 Å². The summed E-state index contributed by atoms with van der Waals surface area (Å²) in [6.45, 7) is 0. The molecule has 1 atom stereocenters. The summed E-state index contributed by atoms with van der Waals surface area (Å²) >= 11 is 1.40. The van der Waals surface area contributed by atoms with E-state index < -0.39 is 45.6 Å². The summed E-state index contributed by atoms with van der Waals surface area (Å²) in [5, 5.41) is 4.63. The van der Waals surface area contributed by atoms with E-state index in [9.17, 15) is 22.2 Å². The molecule has 0 aliphatic carbocycles. The first-order valence-electron chi connectivity index (χ1n) is 7.72. The fourth-order valence-electron chi connectivity index (χ4n) is 2.26. The van der Waals surface area contributed by atoms with Crippen LogP contribution in [0.5, 0.6) is 0 Å². The number of aromatic nitrogens is 1. The Morgan fingerprint density at radius 2 is 1.81 bits per heavy atom. The number of benzene rings is 2. The van der Waals surface area contributed by atoms with Crippen LogP contribution in [-0.2, 0) is 21.3 Å². The molecule has 2 aromatic carbocycles. The topological polar surface area (TPSA) is 59.1 Å². The summed E-state index contributed by atoms with van der Waals surface area (Å²) in [5.74, 6) is -5.66. The molecule has 0 radical (unpaired) electrons. The molecule has 0 aliphatic heterocycles. The molecule has 0 saturated carbocycles. The average molecular weight is 410 g/mol. The number of nitrogens with one attached hydrogen (secondary N) is 1. The number of rotatable bonds is 6. The summed E-state index contributed by atoms with van der Waals surface area (Å²) in [5.41, 5.74) is 1.01. The van der Waals surface area contributed by atoms with Crippen molar-refractivity contribution in [3.8, 4) is 10.6 Å². The number of nitrogens with zero attached hydrogens (tertiary/aromatic N) is 1. The first-order chi connectivity index (χ1) is 12.9. The molecule has 3 aromatic rings. The van der Waals surface area contributed by atoms with Gasteiger partial charge in [0.2, 0.25) is 5.91 Å². The summed E-state index contributed by atoms with van der Waals surface area (Å²) in [6.07, 6.45) is 0. The fraction of sp³-hybridized carbons (Fsp3) is 0.111. The molecule has 1 unspecified atom stereocenters. The second-order valence-electron chi connectivity index (χ2n) is 5.51. The van der Waals surface area contributed by atoms with Crippen molar-refractivity contribution in [3.63, 3.8) is 0 Å². The highest BCUT2D eigenvalue weighted by Crippen LogP contribution is 2.24. The van der Waals surface area contributed by atoms with Crippen molar-refractivity contribution < 1.29 is 22.2 Å². The number of carbonyl (C=O) groups is 1. The summed E-state index contributed by atoms with van der Waals surface area (Å²) in [6, 6.07) is 11.1. The van der Waals surface area contributed by atoms with Gasteiger partial charge in [0.25, 0.3) is 0 Å². The zero-order valence-electron chi connectivity index (χ0n) is 13.7. The number of halogens is 3. The molecule has 1 amide bonds. The van der Waals surface area contributed by atoms with Crippen LogP contribution in [0.3, 0.4) is 0 Å². The third-order valence-electron chi connectivity index (χ3n) is 3.48. The van der Waals surface area contributed by atoms with Crippen LogP contribution in [0.2, 0.25) is 0 Å². The van der Waals surface area contributed by atoms with Crippen molar-refractivity contribution in [3.05, 3.63) is 71.0 Å². The Hall–Kier alpha value is -2.52. The molecule has 3 rings (SSSR count). The molecular weight excluding hydrogens is 397 g/mol. The van der Waals surface area contributed by atoms with Gasteiger partial charge in [-0.05, 0) is 12.1 Å². The van der Waals surface area contributed by atoms with Gasteiger partial charge < -0.3 is 5.32 Å². The van der Waals surface area contributed by atoms with Crippen LogP contribution in [0.4, 0.5) is 18.9 Å². The number of amides is 1. The van der Waals surface area contributed by atoms with Gasteiger partial charge >= 0.3 is 0 Å². The SMILES string of the molecule is O=C(CS(=O)Cc1csc(-c2ccccc2)n1)Nc1ccc(F)c(F)c1F. The van der Waals surface area contributed by atoms with E-state index in [-0.39, 0.29) is 5.75 Å². The molecule has 0 aliphatic rings. The van der Waals surface area contributed by atoms with Gasteiger partial charge in [-0.25, -0.2) is 18.2 Å². The lowest BCUT2D eigenvalue weighted by Gasteiger charge is -2.07. The minimum atomic E-state index is -1.68. The van der Waals surface area contributed by atoms with Gasteiger partial charge in [0.05, 0.1) is 17.1 Å². The predicted molar refractivity (Wildman–Crippen MR) is 99.2 cm³/mol. The van der Waals surface area contributed by atoms with E-state index in [4.69, 9.17) is 0 Å². The largest absolute Gasteiger partial charge is 0.323 e. The molecule has 1 aromatic heterocycles. The van der Waals surface area contributed by atoms with Crippen LogP contribution in [0.15, 0.2) is 47.8 Å². The lowest BCUT2D eigenvalue weighted by molar-refractivity contribution is -0.113. The molecule has 0 saturated heterocycles. The highest BCUT2D eigenvalue weighted by atomic mass is 32.2. The summed E-state index contributed by atoms with van der Waals surface area (Å²) in [7, 11) is -1.59. The maximum Gasteiger partial charge on any atom is 0.237 e. The van der Waals surface area contributed by atoms with Crippen LogP contribution >= 0.6 is 11.3 Å². The van der Waals surface area contributed by atoms with E-state index in [2.05, 4.69) is 10.3 Å². The molecule has 9 heteroatoms. The van der Waals surface area contributed by atoms with Crippen molar-refractivity contribution in [2.24, 2.45) is 0 Å². The lowest BCUT2D eigenvalue weighted by Crippen LogP contribution is -2.21. The Morgan fingerprint density at radius 1 is 1.07 bits per heavy atom. The van der Waals surface area contributed by atoms with Gasteiger partial charge in [0, 0.05) is 21.7 Å². The highest BCUT2D eigenvalue weighted by Gasteiger charge is 2.17. The van der Waals surface area contributed by atoms with Gasteiger partial charge in [-0.3, -0.25) is 9.00 Å². The van der Waals surface area contributed by atoms with E-state index in [0.29, 0.717) is 11.8 Å². The summed E-state index contributed by atoms with van der Waals surface area (Å²) < 4.78 is 51.8. The van der Waals surface area contributed by atoms with Gasteiger partial charge in [-0.2, -0.15) is 0 Å². The molecule has 140 valence electrons. The molecular formula is C18H13F3N2O2S2. The zero-order chi connectivity index (χ0) is 19.4. The quantitative estimate of drug-likeness (QED) is 0.622. The Balaban J connectivity index is 1.59. The molecule has 1 heterocycles. The lowest BCUT2D eigenvalue weighted by atomic mass is 10.2. The molecule has 4 nitrogen and oxygen atoms in total. The van der Waals surface area contributed by atoms with Gasteiger partial charge in [0.1, 0.15) is 10.8 Å². The second-order valence-corrected chi connectivity index (χ2v) is 7.82. The Morgan fingerprint density at radius 3 is 2.56 bits per heavy atom. The van der Waals surface area contributed by atoms with Crippen LogP contribution < -0.4 is 5.32 Å². The van der Waals surface area contributed by atoms with Crippen molar-refractivity contribution in [1.82, 2.24) is 4.98 Å². The van der Waals surface area contributed by atoms with Gasteiger partial charge in [-0.1, -0.05) is 30.3 Å². The van der Waals surface area contributed by atoms with Crippen LogP contribution in [-0.4, -0.2) is 20.9 Å². The maximum absolute atomic E-state index is 13.6. The minimum Gasteiger partial charge on any atom is -0.323 e. The smallest absolute Gasteiger partial charge is 0.237 e. The Bertz CT molecular complexity index is 994. The zero-order valence-corrected chi connectivity index (χ0v) is 15.4. The highest BCUT2D eigenvalue weighted by molar-refractivity contribution is 7.84. The average Bonchev–Trinajstić information content (AvgIpc) is 3.11. The van der Waals surface area contributed by atoms with Crippen molar-refractivity contribution >= 4 is 33.7 Å². The van der Waals surface area contributed by atoms with Gasteiger partial charge in [-0.15, -0.1) is 11.3 Å². The summed E-state index contributed by atoms with van der Waals surface area (Å²) in [4.78, 5) is 16.3. The van der Waals surface area contributed by atoms with Crippen molar-refractivity contribution in [1.29, 1.82) is 0 Å². The standard InChI is InChI=1S/C18H13F3N2O2S2/c19-13-6-7-14(17(21)16(13)20)23-15(24)10-27(25)9-12-8-26-18(22-12)11-4-2-1-3-5-11/h1-8H,9-10H2,(H,23,24). The van der Waals surface area contributed by atoms with Gasteiger partial charge in [0.15, 0.2) is 17.5 Å². The second kappa shape index (κ2) is 8.45.